The molecule has 0 unspecified atom stereocenters. The molecule has 0 aliphatic carbocycles. The minimum Gasteiger partial charge on any atom is -0.436 e. The number of thiocarbonyl (C=S) groups is 1. The molecule has 0 saturated heterocycles. The summed E-state index contributed by atoms with van der Waals surface area (Å²) in [4.78, 5) is 13.9. The number of hydrogen-bond donors (Lipinski definition) is 0. The molecule has 96 heavy (non-hydrogen) atoms. The van der Waals surface area contributed by atoms with Gasteiger partial charge in [0.2, 0.25) is 0 Å². The standard InChI is InChI=1S/C11H13N.2C11H12.C10H10O.C10H10S.5C2H6.10CH3.20Y/c1-9(2)11-6-4-10(5-7-11)8-12-3;2*1-4-10-5-7-11(8-6-10)9(2)3;2*1-8(2)10-5-3-9(7-11)4-6-10;5*1-2;;;;;;;;;;;;;;;;;;;;;;;;;;;;;;/h4,6-7,9H,1-3H3;2*5,7-9H,1H2,2-3H3;2*3,5-6,8H,1-2H3;5*1-2H3;10*1H3;;;;;;;;;;;;;;;;;;;;/q5*-2;;;;;;10*-1;;;;;;;;;;;;;;;;;;;2*+3. The second kappa shape index (κ2) is 178. The van der Waals surface area contributed by atoms with Crippen molar-refractivity contribution >= 4 is 30.1 Å². The number of rotatable bonds is 10. The van der Waals surface area contributed by atoms with E-state index in [9.17, 15) is 4.79 Å². The molecule has 500 valence electrons. The van der Waals surface area contributed by atoms with Gasteiger partial charge in [-0.25, -0.2) is 72.9 Å². The zero-order chi connectivity index (χ0) is 52.0. The smallest absolute Gasteiger partial charge is 0.436 e. The molecule has 0 N–H and O–H groups in total. The summed E-state index contributed by atoms with van der Waals surface area (Å²) in [6, 6.07) is 44.9. The van der Waals surface area contributed by atoms with Gasteiger partial charge in [0.05, 0.1) is 0 Å². The molecule has 0 atom stereocenters. The fourth-order valence-corrected chi connectivity index (χ4v) is 4.64. The Balaban J connectivity index is -0.0000000132. The van der Waals surface area contributed by atoms with Gasteiger partial charge in [-0.3, -0.25) is 47.7 Å². The van der Waals surface area contributed by atoms with Crippen LogP contribution in [0.1, 0.15) is 224 Å². The van der Waals surface area contributed by atoms with E-state index in [0.29, 0.717) is 35.2 Å². The monoisotopic (exact) mass is 2830 g/mol. The molecule has 0 heterocycles. The Bertz CT molecular complexity index is 1690. The van der Waals surface area contributed by atoms with Crippen LogP contribution >= 0.6 is 12.2 Å². The number of benzene rings is 5. The second-order valence-corrected chi connectivity index (χ2v) is 14.5. The van der Waals surface area contributed by atoms with E-state index in [1.54, 1.807) is 19.4 Å². The van der Waals surface area contributed by atoms with Crippen LogP contribution in [0.4, 0.5) is 0 Å². The molecule has 0 saturated carbocycles. The summed E-state index contributed by atoms with van der Waals surface area (Å²) in [6.45, 7) is 48.6. The van der Waals surface area contributed by atoms with Gasteiger partial charge in [-0.15, -0.1) is 0 Å². The Hall–Kier alpha value is 17.1. The predicted molar refractivity (Wildman–Crippen MR) is 363 cm³/mol. The Morgan fingerprint density at radius 2 is 0.469 bits per heavy atom. The van der Waals surface area contributed by atoms with E-state index in [4.69, 9.17) is 0 Å². The topological polar surface area (TPSA) is 29.4 Å². The van der Waals surface area contributed by atoms with Gasteiger partial charge in [0.15, 0.2) is 0 Å². The van der Waals surface area contributed by atoms with Gasteiger partial charge in [0.1, 0.15) is 0 Å². The maximum Gasteiger partial charge on any atom is 3.00 e. The molecule has 0 bridgehead atoms. The summed E-state index contributed by atoms with van der Waals surface area (Å²) in [5.41, 5.74) is 10.6. The Morgan fingerprint density at radius 1 is 0.312 bits per heavy atom. The minimum absolute atomic E-state index is 0. The van der Waals surface area contributed by atoms with Gasteiger partial charge < -0.3 is 131 Å². The van der Waals surface area contributed by atoms with Gasteiger partial charge in [0, 0.05) is 589 Å². The number of aliphatic imine (C=N–C) groups is 1. The summed E-state index contributed by atoms with van der Waals surface area (Å²) in [7, 11) is 1.71. The first-order valence-electron chi connectivity index (χ1n) is 23.9. The zero-order valence-corrected chi connectivity index (χ0v) is 124. The van der Waals surface area contributed by atoms with Crippen LogP contribution in [0.3, 0.4) is 0 Å². The number of hydrogen-bond acceptors (Lipinski definition) is 3. The van der Waals surface area contributed by atoms with Crippen molar-refractivity contribution in [3.8, 4) is 0 Å². The van der Waals surface area contributed by atoms with E-state index in [0.717, 1.165) is 22.3 Å². The van der Waals surface area contributed by atoms with Crippen molar-refractivity contribution < 1.29 is 659 Å². The van der Waals surface area contributed by atoms with Gasteiger partial charge in [-0.1, -0.05) is 167 Å². The quantitative estimate of drug-likeness (QED) is 0.0792. The summed E-state index contributed by atoms with van der Waals surface area (Å²) in [5.74, 6) is 2.77. The van der Waals surface area contributed by atoms with E-state index in [-0.39, 0.29) is 728 Å². The third-order valence-corrected chi connectivity index (χ3v) is 8.57. The first-order valence-corrected chi connectivity index (χ1v) is 24.4. The largest absolute Gasteiger partial charge is 3.00 e. The minimum atomic E-state index is 0. The molecule has 18 radical (unpaired) electrons. The molecule has 0 amide bonds. The summed E-state index contributed by atoms with van der Waals surface area (Å²) < 4.78 is 0. The summed E-state index contributed by atoms with van der Waals surface area (Å²) in [6.07, 6.45) is 10.2. The normalized spacial score (nSPS) is 6.35. The van der Waals surface area contributed by atoms with E-state index in [2.05, 4.69) is 178 Å². The van der Waals surface area contributed by atoms with Crippen molar-refractivity contribution in [2.75, 3.05) is 7.05 Å². The first kappa shape index (κ1) is 233. The average Bonchev–Trinajstić information content (AvgIpc) is 3.38. The van der Waals surface area contributed by atoms with E-state index < -0.39 is 0 Å². The predicted octanol–water partition coefficient (Wildman–Crippen LogP) is 22.9. The van der Waals surface area contributed by atoms with Crippen molar-refractivity contribution in [3.05, 3.63) is 277 Å². The summed E-state index contributed by atoms with van der Waals surface area (Å²) >= 11 is 4.65. The van der Waals surface area contributed by atoms with Crippen LogP contribution < -0.4 is 0 Å². The molecule has 0 aromatic heterocycles. The van der Waals surface area contributed by atoms with Crippen LogP contribution in [0.15, 0.2) is 109 Å². The molecule has 2 nitrogen and oxygen atoms in total. The Morgan fingerprint density at radius 3 is 0.583 bits per heavy atom. The molecular formula is C73H117NOSY20-14. The van der Waals surface area contributed by atoms with E-state index >= 15 is 0 Å². The van der Waals surface area contributed by atoms with Crippen molar-refractivity contribution in [1.29, 1.82) is 0 Å². The van der Waals surface area contributed by atoms with Gasteiger partial charge in [-0.2, -0.15) is 41.8 Å². The number of carbonyl (C=O) groups excluding carboxylic acids is 1. The fraction of sp³-hybridized carbons (Fsp3) is 0.356. The molecule has 23 heteroatoms. The van der Waals surface area contributed by atoms with Gasteiger partial charge in [0.25, 0.3) is 0 Å². The first-order chi connectivity index (χ1) is 31.7. The van der Waals surface area contributed by atoms with Crippen molar-refractivity contribution in [3.63, 3.8) is 0 Å². The Labute approximate surface area is 1120 Å². The second-order valence-electron chi connectivity index (χ2n) is 14.3. The maximum atomic E-state index is 10.1. The maximum absolute atomic E-state index is 10.1. The fourth-order valence-electron chi connectivity index (χ4n) is 4.52. The Kier molecular flexibility index (Phi) is 433. The van der Waals surface area contributed by atoms with Crippen LogP contribution in [0.2, 0.25) is 0 Å². The third-order valence-electron chi connectivity index (χ3n) is 8.35. The molecule has 5 aromatic rings. The van der Waals surface area contributed by atoms with Crippen molar-refractivity contribution in [1.82, 2.24) is 0 Å². The van der Waals surface area contributed by atoms with E-state index in [1.165, 1.54) is 27.8 Å². The van der Waals surface area contributed by atoms with Gasteiger partial charge >= 0.3 is 65.4 Å². The number of nitrogens with zero attached hydrogens (tertiary/aromatic N) is 1. The molecular weight excluding hydrogens is 2720 g/mol. The molecule has 0 spiro atoms. The van der Waals surface area contributed by atoms with Crippen molar-refractivity contribution in [2.24, 2.45) is 4.99 Å². The average molecular weight is 2830 g/mol. The zero-order valence-electron chi connectivity index (χ0n) is 66.8. The van der Waals surface area contributed by atoms with Crippen LogP contribution in [0.5, 0.6) is 0 Å². The SMILES string of the molecule is C=[C-]c1[c-]cc(C(C)C)cc1.C=[C-]c1[c-]cc(C(C)C)cc1.CC.CC.CC.CC.CC.CC(C)c1c[c-]c([C-]=O)cc1.CC(C)c1c[c-]c([C-]=S)cc1.CN=[C-]c1[c-]cc(C(C)C)cc1.[CH3-].[CH3-].[CH3-].[CH3-].[CH3-].[CH3-].[CH3-].[CH3-].[CH3-].[CH3-].[Y+3].[Y+3].[Y].[Y].[Y].[Y].[Y].[Y].[Y].[Y].[Y].[Y].[Y].[Y].[Y].[Y].[Y].[Y].[Y].[Y]. The molecule has 0 aliphatic rings. The van der Waals surface area contributed by atoms with Crippen LogP contribution in [-0.2, 0) is 659 Å². The molecule has 5 aromatic carbocycles. The third kappa shape index (κ3) is 140. The summed E-state index contributed by atoms with van der Waals surface area (Å²) in [5, 5.41) is 2.62. The van der Waals surface area contributed by atoms with Gasteiger partial charge in [-0.05, 0) is 31.1 Å². The molecule has 0 aliphatic heterocycles. The van der Waals surface area contributed by atoms with Crippen LogP contribution in [-0.4, -0.2) is 24.9 Å². The van der Waals surface area contributed by atoms with Crippen LogP contribution in [0, 0.1) is 117 Å². The van der Waals surface area contributed by atoms with Crippen molar-refractivity contribution in [2.45, 2.75) is 168 Å². The molecule has 0 fully saturated rings. The molecule has 5 rings (SSSR count). The van der Waals surface area contributed by atoms with Crippen LogP contribution in [0.25, 0.3) is 0 Å². The van der Waals surface area contributed by atoms with E-state index in [1.807, 2.05) is 130 Å².